The van der Waals surface area contributed by atoms with E-state index < -0.39 is 12.0 Å². The Labute approximate surface area is 119 Å². The highest BCUT2D eigenvalue weighted by Crippen LogP contribution is 2.23. The number of urea groups is 1. The average molecular weight is 291 g/mol. The highest BCUT2D eigenvalue weighted by Gasteiger charge is 2.12. The maximum absolute atomic E-state index is 11.7. The Morgan fingerprint density at radius 3 is 2.81 bits per heavy atom. The fourth-order valence-electron chi connectivity index (χ4n) is 1.62. The van der Waals surface area contributed by atoms with E-state index in [1.54, 1.807) is 6.07 Å². The lowest BCUT2D eigenvalue weighted by atomic mass is 10.2. The van der Waals surface area contributed by atoms with E-state index in [4.69, 9.17) is 14.4 Å². The van der Waals surface area contributed by atoms with E-state index in [9.17, 15) is 9.59 Å². The van der Waals surface area contributed by atoms with E-state index in [-0.39, 0.29) is 17.9 Å². The molecular weight excluding hydrogens is 278 g/mol. The van der Waals surface area contributed by atoms with Crippen molar-refractivity contribution in [2.45, 2.75) is 6.54 Å². The normalized spacial score (nSPS) is 9.95. The standard InChI is InChI=1S/C13H13N3O5/c1-20-11-6-8(2-3-10(11)12(17)18)16-13(19)14-7-9-4-5-15-21-9/h2-6H,7H2,1H3,(H,17,18)(H2,14,16,19). The first-order valence-electron chi connectivity index (χ1n) is 5.96. The summed E-state index contributed by atoms with van der Waals surface area (Å²) in [7, 11) is 1.36. The van der Waals surface area contributed by atoms with Crippen LogP contribution in [0.4, 0.5) is 10.5 Å². The molecule has 1 heterocycles. The van der Waals surface area contributed by atoms with Gasteiger partial charge in [-0.15, -0.1) is 0 Å². The molecule has 8 heteroatoms. The van der Waals surface area contributed by atoms with Gasteiger partial charge in [-0.3, -0.25) is 0 Å². The third-order valence-corrected chi connectivity index (χ3v) is 2.60. The Balaban J connectivity index is 1.99. The molecule has 0 aliphatic heterocycles. The van der Waals surface area contributed by atoms with E-state index in [0.29, 0.717) is 11.4 Å². The number of nitrogens with zero attached hydrogens (tertiary/aromatic N) is 1. The average Bonchev–Trinajstić information content (AvgIpc) is 2.98. The zero-order valence-electron chi connectivity index (χ0n) is 11.1. The minimum atomic E-state index is -1.10. The molecule has 110 valence electrons. The number of hydrogen-bond donors (Lipinski definition) is 3. The van der Waals surface area contributed by atoms with Crippen LogP contribution in [0.25, 0.3) is 0 Å². The fraction of sp³-hybridized carbons (Fsp3) is 0.154. The Morgan fingerprint density at radius 2 is 2.19 bits per heavy atom. The molecule has 0 spiro atoms. The molecule has 1 aromatic carbocycles. The lowest BCUT2D eigenvalue weighted by molar-refractivity contribution is 0.0693. The predicted octanol–water partition coefficient (Wildman–Crippen LogP) is 1.70. The highest BCUT2D eigenvalue weighted by molar-refractivity contribution is 5.94. The second-order valence-corrected chi connectivity index (χ2v) is 4.01. The van der Waals surface area contributed by atoms with Gasteiger partial charge >= 0.3 is 12.0 Å². The van der Waals surface area contributed by atoms with Gasteiger partial charge in [0.1, 0.15) is 11.3 Å². The van der Waals surface area contributed by atoms with Crippen molar-refractivity contribution < 1.29 is 24.0 Å². The number of rotatable bonds is 5. The van der Waals surface area contributed by atoms with Crippen LogP contribution in [-0.2, 0) is 6.54 Å². The molecule has 3 N–H and O–H groups in total. The van der Waals surface area contributed by atoms with Gasteiger partial charge in [0.15, 0.2) is 5.76 Å². The van der Waals surface area contributed by atoms with Crippen molar-refractivity contribution in [3.05, 3.63) is 41.8 Å². The number of carbonyl (C=O) groups is 2. The Bertz CT molecular complexity index is 639. The van der Waals surface area contributed by atoms with Crippen molar-refractivity contribution >= 4 is 17.7 Å². The molecule has 0 saturated heterocycles. The maximum Gasteiger partial charge on any atom is 0.339 e. The quantitative estimate of drug-likeness (QED) is 0.772. The summed E-state index contributed by atoms with van der Waals surface area (Å²) in [6.45, 7) is 0.191. The van der Waals surface area contributed by atoms with E-state index in [0.717, 1.165) is 0 Å². The molecule has 0 bridgehead atoms. The minimum Gasteiger partial charge on any atom is -0.496 e. The first kappa shape index (κ1) is 14.4. The molecular formula is C13H13N3O5. The number of anilines is 1. The smallest absolute Gasteiger partial charge is 0.339 e. The number of ether oxygens (including phenoxy) is 1. The van der Waals surface area contributed by atoms with Crippen LogP contribution in [0.15, 0.2) is 35.0 Å². The number of nitrogens with one attached hydrogen (secondary N) is 2. The van der Waals surface area contributed by atoms with E-state index in [1.807, 2.05) is 0 Å². The molecule has 0 fully saturated rings. The fourth-order valence-corrected chi connectivity index (χ4v) is 1.62. The summed E-state index contributed by atoms with van der Waals surface area (Å²) in [5, 5.41) is 17.6. The molecule has 2 aromatic rings. The van der Waals surface area contributed by atoms with Crippen LogP contribution in [0, 0.1) is 0 Å². The van der Waals surface area contributed by atoms with E-state index >= 15 is 0 Å². The zero-order chi connectivity index (χ0) is 15.2. The zero-order valence-corrected chi connectivity index (χ0v) is 11.1. The third-order valence-electron chi connectivity index (χ3n) is 2.60. The van der Waals surface area contributed by atoms with Crippen molar-refractivity contribution in [2.24, 2.45) is 0 Å². The summed E-state index contributed by atoms with van der Waals surface area (Å²) in [5.74, 6) is -0.423. The van der Waals surface area contributed by atoms with Gasteiger partial charge in [0.2, 0.25) is 0 Å². The first-order chi connectivity index (χ1) is 10.1. The van der Waals surface area contributed by atoms with E-state index in [2.05, 4.69) is 15.8 Å². The van der Waals surface area contributed by atoms with Gasteiger partial charge in [-0.25, -0.2) is 9.59 Å². The largest absolute Gasteiger partial charge is 0.496 e. The summed E-state index contributed by atoms with van der Waals surface area (Å²) in [6.07, 6.45) is 1.48. The van der Waals surface area contributed by atoms with Gasteiger partial charge in [0.25, 0.3) is 0 Å². The van der Waals surface area contributed by atoms with Crippen LogP contribution in [0.5, 0.6) is 5.75 Å². The van der Waals surface area contributed by atoms with Crippen LogP contribution >= 0.6 is 0 Å². The van der Waals surface area contributed by atoms with Crippen LogP contribution in [0.1, 0.15) is 16.1 Å². The number of aromatic carboxylic acids is 1. The van der Waals surface area contributed by atoms with Gasteiger partial charge in [-0.05, 0) is 12.1 Å². The highest BCUT2D eigenvalue weighted by atomic mass is 16.5. The number of carboxylic acids is 1. The van der Waals surface area contributed by atoms with Gasteiger partial charge in [0.05, 0.1) is 19.9 Å². The van der Waals surface area contributed by atoms with Gasteiger partial charge < -0.3 is 25.0 Å². The van der Waals surface area contributed by atoms with Crippen LogP contribution in [0.3, 0.4) is 0 Å². The number of methoxy groups -OCH3 is 1. The molecule has 21 heavy (non-hydrogen) atoms. The molecule has 0 unspecified atom stereocenters. The van der Waals surface area contributed by atoms with Crippen molar-refractivity contribution in [1.82, 2.24) is 10.5 Å². The topological polar surface area (TPSA) is 114 Å². The summed E-state index contributed by atoms with van der Waals surface area (Å²) in [4.78, 5) is 22.6. The molecule has 1 aromatic heterocycles. The molecule has 8 nitrogen and oxygen atoms in total. The minimum absolute atomic E-state index is 0.0186. The molecule has 0 atom stereocenters. The number of hydrogen-bond acceptors (Lipinski definition) is 5. The summed E-state index contributed by atoms with van der Waals surface area (Å²) in [6, 6.07) is 5.42. The van der Waals surface area contributed by atoms with Crippen molar-refractivity contribution in [3.63, 3.8) is 0 Å². The molecule has 0 aliphatic rings. The molecule has 2 rings (SSSR count). The Morgan fingerprint density at radius 1 is 1.38 bits per heavy atom. The lowest BCUT2D eigenvalue weighted by Gasteiger charge is -2.09. The first-order valence-corrected chi connectivity index (χ1v) is 5.96. The van der Waals surface area contributed by atoms with Gasteiger partial charge in [-0.1, -0.05) is 5.16 Å². The molecule has 2 amide bonds. The van der Waals surface area contributed by atoms with E-state index in [1.165, 1.54) is 31.5 Å². The molecule has 0 aliphatic carbocycles. The summed E-state index contributed by atoms with van der Waals surface area (Å²) in [5.41, 5.74) is 0.428. The lowest BCUT2D eigenvalue weighted by Crippen LogP contribution is -2.28. The van der Waals surface area contributed by atoms with Crippen LogP contribution in [0.2, 0.25) is 0 Å². The van der Waals surface area contributed by atoms with Crippen molar-refractivity contribution in [2.75, 3.05) is 12.4 Å². The number of aromatic nitrogens is 1. The Hall–Kier alpha value is -3.03. The maximum atomic E-state index is 11.7. The summed E-state index contributed by atoms with van der Waals surface area (Å²) < 4.78 is 9.81. The summed E-state index contributed by atoms with van der Waals surface area (Å²) >= 11 is 0. The Kier molecular flexibility index (Phi) is 4.39. The monoisotopic (exact) mass is 291 g/mol. The third kappa shape index (κ3) is 3.72. The van der Waals surface area contributed by atoms with Crippen LogP contribution < -0.4 is 15.4 Å². The number of carboxylic acid groups (broad SMARTS) is 1. The SMILES string of the molecule is COc1cc(NC(=O)NCc2ccno2)ccc1C(=O)O. The molecule has 0 radical (unpaired) electrons. The number of amides is 2. The second kappa shape index (κ2) is 6.42. The van der Waals surface area contributed by atoms with Crippen molar-refractivity contribution in [1.29, 1.82) is 0 Å². The van der Waals surface area contributed by atoms with Crippen molar-refractivity contribution in [3.8, 4) is 5.75 Å². The van der Waals surface area contributed by atoms with Gasteiger partial charge in [0, 0.05) is 17.8 Å². The molecule has 0 saturated carbocycles. The second-order valence-electron chi connectivity index (χ2n) is 4.01. The van der Waals surface area contributed by atoms with Crippen LogP contribution in [-0.4, -0.2) is 29.4 Å². The number of benzene rings is 1. The number of carbonyl (C=O) groups excluding carboxylic acids is 1. The predicted molar refractivity (Wildman–Crippen MR) is 72.3 cm³/mol. The van der Waals surface area contributed by atoms with Gasteiger partial charge in [-0.2, -0.15) is 0 Å².